The zero-order valence-corrected chi connectivity index (χ0v) is 14.5. The van der Waals surface area contributed by atoms with Crippen LogP contribution in [0.5, 0.6) is 0 Å². The van der Waals surface area contributed by atoms with Crippen LogP contribution < -0.4 is 0 Å². The fourth-order valence-electron chi connectivity index (χ4n) is 4.22. The van der Waals surface area contributed by atoms with Crippen LogP contribution in [0, 0.1) is 11.8 Å². The Balaban J connectivity index is 1.44. The van der Waals surface area contributed by atoms with Gasteiger partial charge in [0, 0.05) is 12.0 Å². The van der Waals surface area contributed by atoms with E-state index in [4.69, 9.17) is 18.9 Å². The van der Waals surface area contributed by atoms with Gasteiger partial charge in [0.15, 0.2) is 0 Å². The minimum atomic E-state index is -0.512. The van der Waals surface area contributed by atoms with Crippen molar-refractivity contribution >= 4 is 17.9 Å². The molecule has 0 N–H and O–H groups in total. The van der Waals surface area contributed by atoms with E-state index in [1.54, 1.807) is 6.92 Å². The van der Waals surface area contributed by atoms with E-state index in [9.17, 15) is 14.4 Å². The van der Waals surface area contributed by atoms with Gasteiger partial charge in [-0.15, -0.1) is 0 Å². The second-order valence-electron chi connectivity index (χ2n) is 7.31. The molecule has 7 nitrogen and oxygen atoms in total. The molecule has 4 atom stereocenters. The number of fused-ring (bicyclic) bond motifs is 1. The first-order valence-corrected chi connectivity index (χ1v) is 8.69. The standard InChI is InChI=1S/C18H24O7/c1-11(2)16(20)23-4-3-22-15(19)10-24-18-7-12-5-13(8-18)17(21)25-14(6-12)9-18/h12-14H,1,3-10H2,2H3. The maximum Gasteiger partial charge on any atom is 0.333 e. The summed E-state index contributed by atoms with van der Waals surface area (Å²) in [6.07, 6.45) is 3.78. The Hall–Kier alpha value is -1.89. The Kier molecular flexibility index (Phi) is 5.13. The highest BCUT2D eigenvalue weighted by atomic mass is 16.6. The summed E-state index contributed by atoms with van der Waals surface area (Å²) in [5, 5.41) is 0. The molecule has 4 fully saturated rings. The van der Waals surface area contributed by atoms with Gasteiger partial charge < -0.3 is 18.9 Å². The third-order valence-corrected chi connectivity index (χ3v) is 5.13. The Morgan fingerprint density at radius 1 is 1.20 bits per heavy atom. The highest BCUT2D eigenvalue weighted by Gasteiger charge is 2.53. The smallest absolute Gasteiger partial charge is 0.333 e. The molecule has 7 heteroatoms. The van der Waals surface area contributed by atoms with Gasteiger partial charge in [-0.25, -0.2) is 9.59 Å². The number of ether oxygens (including phenoxy) is 4. The lowest BCUT2D eigenvalue weighted by atomic mass is 9.65. The molecule has 0 aromatic rings. The van der Waals surface area contributed by atoms with E-state index in [1.807, 2.05) is 0 Å². The largest absolute Gasteiger partial charge is 0.462 e. The average molecular weight is 352 g/mol. The molecule has 2 saturated carbocycles. The van der Waals surface area contributed by atoms with Gasteiger partial charge in [0.2, 0.25) is 0 Å². The number of esters is 3. The zero-order valence-electron chi connectivity index (χ0n) is 14.5. The number of rotatable bonds is 7. The molecule has 4 rings (SSSR count). The van der Waals surface area contributed by atoms with Crippen LogP contribution in [0.3, 0.4) is 0 Å². The SMILES string of the molecule is C=C(C)C(=O)OCCOC(=O)COC12CC3CC(C1)OC(=O)C(C3)C2. The van der Waals surface area contributed by atoms with Crippen LogP contribution in [0.2, 0.25) is 0 Å². The molecular formula is C18H24O7. The topological polar surface area (TPSA) is 88.1 Å². The maximum atomic E-state index is 12.0. The van der Waals surface area contributed by atoms with Crippen molar-refractivity contribution in [2.24, 2.45) is 11.8 Å². The molecule has 0 aromatic carbocycles. The third-order valence-electron chi connectivity index (χ3n) is 5.13. The van der Waals surface area contributed by atoms with Crippen LogP contribution in [-0.4, -0.2) is 49.4 Å². The number of hydrogen-bond donors (Lipinski definition) is 0. The maximum absolute atomic E-state index is 12.0. The van der Waals surface area contributed by atoms with Crippen LogP contribution in [0.4, 0.5) is 0 Å². The first kappa shape index (κ1) is 17.9. The molecule has 138 valence electrons. The molecule has 4 bridgehead atoms. The van der Waals surface area contributed by atoms with Crippen molar-refractivity contribution < 1.29 is 33.3 Å². The Labute approximate surface area is 146 Å². The van der Waals surface area contributed by atoms with E-state index in [1.165, 1.54) is 0 Å². The quantitative estimate of drug-likeness (QED) is 0.297. The molecule has 2 aliphatic heterocycles. The molecule has 25 heavy (non-hydrogen) atoms. The van der Waals surface area contributed by atoms with Crippen molar-refractivity contribution in [3.05, 3.63) is 12.2 Å². The Morgan fingerprint density at radius 2 is 1.96 bits per heavy atom. The summed E-state index contributed by atoms with van der Waals surface area (Å²) in [7, 11) is 0. The van der Waals surface area contributed by atoms with Crippen LogP contribution in [0.15, 0.2) is 12.2 Å². The minimum absolute atomic E-state index is 0.0167. The molecule has 4 unspecified atom stereocenters. The lowest BCUT2D eigenvalue weighted by Crippen LogP contribution is -2.47. The Morgan fingerprint density at radius 3 is 2.72 bits per heavy atom. The van der Waals surface area contributed by atoms with Gasteiger partial charge in [0.25, 0.3) is 0 Å². The van der Waals surface area contributed by atoms with Gasteiger partial charge in [0.05, 0.1) is 11.5 Å². The van der Waals surface area contributed by atoms with Crippen molar-refractivity contribution in [2.45, 2.75) is 50.7 Å². The predicted octanol–water partition coefficient (Wildman–Crippen LogP) is 1.54. The first-order chi connectivity index (χ1) is 11.9. The predicted molar refractivity (Wildman–Crippen MR) is 85.4 cm³/mol. The lowest BCUT2D eigenvalue weighted by molar-refractivity contribution is -0.169. The molecule has 2 aliphatic carbocycles. The van der Waals surface area contributed by atoms with Gasteiger partial charge in [-0.2, -0.15) is 0 Å². The second-order valence-corrected chi connectivity index (χ2v) is 7.31. The van der Waals surface area contributed by atoms with Gasteiger partial charge >= 0.3 is 17.9 Å². The van der Waals surface area contributed by atoms with Gasteiger partial charge in [0.1, 0.15) is 25.9 Å². The number of carbonyl (C=O) groups excluding carboxylic acids is 3. The summed E-state index contributed by atoms with van der Waals surface area (Å²) in [5.41, 5.74) is -0.169. The van der Waals surface area contributed by atoms with Crippen LogP contribution in [-0.2, 0) is 33.3 Å². The molecule has 4 aliphatic rings. The molecule has 2 saturated heterocycles. The third kappa shape index (κ3) is 4.21. The molecule has 0 spiro atoms. The van der Waals surface area contributed by atoms with Crippen molar-refractivity contribution in [3.8, 4) is 0 Å². The average Bonchev–Trinajstić information content (AvgIpc) is 2.71. The lowest BCUT2D eigenvalue weighted by Gasteiger charge is -2.45. The van der Waals surface area contributed by atoms with Crippen LogP contribution in [0.1, 0.15) is 39.0 Å². The molecule has 0 amide bonds. The highest BCUT2D eigenvalue weighted by molar-refractivity contribution is 5.86. The molecule has 0 radical (unpaired) electrons. The van der Waals surface area contributed by atoms with E-state index < -0.39 is 17.5 Å². The van der Waals surface area contributed by atoms with E-state index >= 15 is 0 Å². The first-order valence-electron chi connectivity index (χ1n) is 8.69. The Bertz CT molecular complexity index is 584. The monoisotopic (exact) mass is 352 g/mol. The van der Waals surface area contributed by atoms with Crippen molar-refractivity contribution in [2.75, 3.05) is 19.8 Å². The minimum Gasteiger partial charge on any atom is -0.462 e. The van der Waals surface area contributed by atoms with E-state index in [-0.39, 0.29) is 37.8 Å². The summed E-state index contributed by atoms with van der Waals surface area (Å²) in [4.78, 5) is 35.1. The number of carbonyl (C=O) groups is 3. The summed E-state index contributed by atoms with van der Waals surface area (Å²) in [6, 6.07) is 0. The van der Waals surface area contributed by atoms with Crippen LogP contribution >= 0.6 is 0 Å². The molecule has 0 aromatic heterocycles. The van der Waals surface area contributed by atoms with Crippen LogP contribution in [0.25, 0.3) is 0 Å². The summed E-state index contributed by atoms with van der Waals surface area (Å²) < 4.78 is 21.3. The fraction of sp³-hybridized carbons (Fsp3) is 0.722. The zero-order chi connectivity index (χ0) is 18.0. The molecular weight excluding hydrogens is 328 g/mol. The normalized spacial score (nSPS) is 32.7. The van der Waals surface area contributed by atoms with Gasteiger partial charge in [-0.1, -0.05) is 6.58 Å². The number of hydrogen-bond acceptors (Lipinski definition) is 7. The van der Waals surface area contributed by atoms with Gasteiger partial charge in [-0.05, 0) is 38.5 Å². The van der Waals surface area contributed by atoms with Crippen molar-refractivity contribution in [1.82, 2.24) is 0 Å². The highest BCUT2D eigenvalue weighted by Crippen LogP contribution is 2.51. The fourth-order valence-corrected chi connectivity index (χ4v) is 4.22. The summed E-state index contributed by atoms with van der Waals surface area (Å²) in [5.74, 6) is -0.847. The van der Waals surface area contributed by atoms with E-state index in [0.29, 0.717) is 24.3 Å². The summed E-state index contributed by atoms with van der Waals surface area (Å²) >= 11 is 0. The van der Waals surface area contributed by atoms with E-state index in [2.05, 4.69) is 6.58 Å². The second kappa shape index (κ2) is 7.15. The summed E-state index contributed by atoms with van der Waals surface area (Å²) in [6.45, 7) is 4.80. The van der Waals surface area contributed by atoms with Crippen molar-refractivity contribution in [1.29, 1.82) is 0 Å². The van der Waals surface area contributed by atoms with Gasteiger partial charge in [-0.3, -0.25) is 4.79 Å². The molecule has 2 heterocycles. The van der Waals surface area contributed by atoms with E-state index in [0.717, 1.165) is 19.3 Å². The van der Waals surface area contributed by atoms with Crippen molar-refractivity contribution in [3.63, 3.8) is 0 Å².